The third-order valence-corrected chi connectivity index (χ3v) is 4.65. The highest BCUT2D eigenvalue weighted by Crippen LogP contribution is 2.28. The number of nitrogens with one attached hydrogen (secondary N) is 2. The molecule has 3 aromatic rings. The third-order valence-electron chi connectivity index (χ3n) is 4.65. The van der Waals surface area contributed by atoms with Gasteiger partial charge in [-0.1, -0.05) is 30.3 Å². The molecular weight excluding hydrogens is 328 g/mol. The van der Waals surface area contributed by atoms with Gasteiger partial charge in [-0.3, -0.25) is 4.79 Å². The zero-order valence-electron chi connectivity index (χ0n) is 14.5. The highest BCUT2D eigenvalue weighted by Gasteiger charge is 2.21. The van der Waals surface area contributed by atoms with Gasteiger partial charge < -0.3 is 15.1 Å². The van der Waals surface area contributed by atoms with Gasteiger partial charge in [0.1, 0.15) is 17.3 Å². The first-order valence-corrected chi connectivity index (χ1v) is 8.96. The second kappa shape index (κ2) is 7.47. The van der Waals surface area contributed by atoms with Crippen molar-refractivity contribution in [3.05, 3.63) is 66.2 Å². The maximum Gasteiger partial charge on any atom is 0.225 e. The summed E-state index contributed by atoms with van der Waals surface area (Å²) in [6, 6.07) is 14.0. The summed E-state index contributed by atoms with van der Waals surface area (Å²) in [5.41, 5.74) is 1.93. The first-order valence-electron chi connectivity index (χ1n) is 8.96. The van der Waals surface area contributed by atoms with Crippen molar-refractivity contribution in [2.75, 3.05) is 17.2 Å². The number of aryl methyl sites for hydroxylation is 1. The fourth-order valence-electron chi connectivity index (χ4n) is 3.39. The standard InChI is InChI=1S/C20H22N4O2/c25-19(23-17-14-22-24-10-5-9-21-20(17)24)13-16(18-8-4-11-26-18)12-15-6-2-1-3-7-15/h1-4,6-8,11,14,16,21H,5,9-10,12-13H2,(H,23,25). The number of carbonyl (C=O) groups excluding carboxylic acids is 1. The Morgan fingerprint density at radius 1 is 1.27 bits per heavy atom. The van der Waals surface area contributed by atoms with Gasteiger partial charge in [-0.05, 0) is 30.5 Å². The molecule has 1 aromatic carbocycles. The van der Waals surface area contributed by atoms with E-state index >= 15 is 0 Å². The molecule has 3 heterocycles. The van der Waals surface area contributed by atoms with Gasteiger partial charge in [0.25, 0.3) is 0 Å². The molecule has 134 valence electrons. The summed E-state index contributed by atoms with van der Waals surface area (Å²) in [6.07, 6.45) is 5.52. The van der Waals surface area contributed by atoms with Crippen LogP contribution in [-0.4, -0.2) is 22.2 Å². The Kier molecular flexibility index (Phi) is 4.73. The minimum absolute atomic E-state index is 0.00763. The van der Waals surface area contributed by atoms with Gasteiger partial charge in [0.05, 0.1) is 12.5 Å². The topological polar surface area (TPSA) is 72.1 Å². The van der Waals surface area contributed by atoms with E-state index in [-0.39, 0.29) is 11.8 Å². The molecule has 0 radical (unpaired) electrons. The molecule has 6 heteroatoms. The van der Waals surface area contributed by atoms with Gasteiger partial charge in [0.15, 0.2) is 0 Å². The van der Waals surface area contributed by atoms with Gasteiger partial charge >= 0.3 is 0 Å². The normalized spacial score (nSPS) is 14.3. The summed E-state index contributed by atoms with van der Waals surface area (Å²) in [5, 5.41) is 10.6. The van der Waals surface area contributed by atoms with Crippen molar-refractivity contribution in [2.45, 2.75) is 31.7 Å². The quantitative estimate of drug-likeness (QED) is 0.712. The molecule has 1 aliphatic heterocycles. The molecule has 6 nitrogen and oxygen atoms in total. The number of hydrogen-bond donors (Lipinski definition) is 2. The lowest BCUT2D eigenvalue weighted by atomic mass is 9.93. The van der Waals surface area contributed by atoms with Crippen LogP contribution in [-0.2, 0) is 17.8 Å². The number of fused-ring (bicyclic) bond motifs is 1. The van der Waals surface area contributed by atoms with Crippen LogP contribution >= 0.6 is 0 Å². The molecular formula is C20H22N4O2. The van der Waals surface area contributed by atoms with Crippen molar-refractivity contribution in [1.82, 2.24) is 9.78 Å². The van der Waals surface area contributed by atoms with E-state index in [2.05, 4.69) is 27.9 Å². The van der Waals surface area contributed by atoms with E-state index < -0.39 is 0 Å². The van der Waals surface area contributed by atoms with E-state index in [4.69, 9.17) is 4.42 Å². The van der Waals surface area contributed by atoms with Gasteiger partial charge in [-0.2, -0.15) is 5.10 Å². The number of rotatable bonds is 6. The minimum atomic E-state index is -0.0366. The molecule has 1 atom stereocenters. The van der Waals surface area contributed by atoms with Gasteiger partial charge in [-0.15, -0.1) is 0 Å². The first-order chi connectivity index (χ1) is 12.8. The van der Waals surface area contributed by atoms with Crippen LogP contribution in [0.2, 0.25) is 0 Å². The van der Waals surface area contributed by atoms with Crippen LogP contribution in [0.5, 0.6) is 0 Å². The second-order valence-corrected chi connectivity index (χ2v) is 6.56. The van der Waals surface area contributed by atoms with E-state index in [1.54, 1.807) is 12.5 Å². The summed E-state index contributed by atoms with van der Waals surface area (Å²) in [4.78, 5) is 12.7. The van der Waals surface area contributed by atoms with Crippen molar-refractivity contribution < 1.29 is 9.21 Å². The number of carbonyl (C=O) groups is 1. The molecule has 0 aliphatic carbocycles. The number of furan rings is 1. The monoisotopic (exact) mass is 350 g/mol. The van der Waals surface area contributed by atoms with Crippen LogP contribution in [0.1, 0.15) is 30.1 Å². The molecule has 4 rings (SSSR count). The Bertz CT molecular complexity index is 855. The van der Waals surface area contributed by atoms with Crippen LogP contribution in [0.4, 0.5) is 11.5 Å². The first kappa shape index (κ1) is 16.4. The van der Waals surface area contributed by atoms with Crippen molar-refractivity contribution in [3.8, 4) is 0 Å². The summed E-state index contributed by atoms with van der Waals surface area (Å²) in [6.45, 7) is 1.78. The van der Waals surface area contributed by atoms with Crippen LogP contribution < -0.4 is 10.6 Å². The molecule has 26 heavy (non-hydrogen) atoms. The number of aromatic nitrogens is 2. The Labute approximate surface area is 152 Å². The fraction of sp³-hybridized carbons (Fsp3) is 0.300. The van der Waals surface area contributed by atoms with Gasteiger partial charge in [-0.25, -0.2) is 4.68 Å². The zero-order chi connectivity index (χ0) is 17.8. The predicted octanol–water partition coefficient (Wildman–Crippen LogP) is 3.65. The van der Waals surface area contributed by atoms with E-state index in [0.717, 1.165) is 43.2 Å². The fourth-order valence-corrected chi connectivity index (χ4v) is 3.39. The third kappa shape index (κ3) is 3.64. The number of benzene rings is 1. The number of nitrogens with zero attached hydrogens (tertiary/aromatic N) is 2. The molecule has 2 N–H and O–H groups in total. The number of hydrogen-bond acceptors (Lipinski definition) is 4. The highest BCUT2D eigenvalue weighted by atomic mass is 16.3. The summed E-state index contributed by atoms with van der Waals surface area (Å²) >= 11 is 0. The molecule has 0 saturated heterocycles. The lowest BCUT2D eigenvalue weighted by Gasteiger charge is -2.18. The highest BCUT2D eigenvalue weighted by molar-refractivity contribution is 5.94. The molecule has 0 fully saturated rings. The number of anilines is 2. The molecule has 1 aliphatic rings. The molecule has 1 unspecified atom stereocenters. The molecule has 0 spiro atoms. The lowest BCUT2D eigenvalue weighted by Crippen LogP contribution is -2.20. The second-order valence-electron chi connectivity index (χ2n) is 6.56. The van der Waals surface area contributed by atoms with Crippen molar-refractivity contribution >= 4 is 17.4 Å². The van der Waals surface area contributed by atoms with Crippen LogP contribution in [0.15, 0.2) is 59.3 Å². The van der Waals surface area contributed by atoms with Crippen LogP contribution in [0, 0.1) is 0 Å². The van der Waals surface area contributed by atoms with Crippen LogP contribution in [0.3, 0.4) is 0 Å². The number of amides is 1. The Hall–Kier alpha value is -3.02. The Morgan fingerprint density at radius 2 is 2.15 bits per heavy atom. The summed E-state index contributed by atoms with van der Waals surface area (Å²) < 4.78 is 7.48. The van der Waals surface area contributed by atoms with E-state index in [9.17, 15) is 4.79 Å². The van der Waals surface area contributed by atoms with Crippen molar-refractivity contribution in [3.63, 3.8) is 0 Å². The van der Waals surface area contributed by atoms with Crippen molar-refractivity contribution in [2.24, 2.45) is 0 Å². The Balaban J connectivity index is 1.47. The van der Waals surface area contributed by atoms with E-state index in [1.807, 2.05) is 35.0 Å². The largest absolute Gasteiger partial charge is 0.469 e. The zero-order valence-corrected chi connectivity index (χ0v) is 14.5. The predicted molar refractivity (Wildman–Crippen MR) is 100 cm³/mol. The smallest absolute Gasteiger partial charge is 0.225 e. The van der Waals surface area contributed by atoms with Gasteiger partial charge in [0.2, 0.25) is 5.91 Å². The summed E-state index contributed by atoms with van der Waals surface area (Å²) in [7, 11) is 0. The SMILES string of the molecule is O=C(CC(Cc1ccccc1)c1ccco1)Nc1cnn2c1NCCC2. The van der Waals surface area contributed by atoms with Crippen LogP contribution in [0.25, 0.3) is 0 Å². The maximum atomic E-state index is 12.7. The molecule has 1 amide bonds. The van der Waals surface area contributed by atoms with E-state index in [0.29, 0.717) is 6.42 Å². The lowest BCUT2D eigenvalue weighted by molar-refractivity contribution is -0.116. The van der Waals surface area contributed by atoms with Crippen molar-refractivity contribution in [1.29, 1.82) is 0 Å². The molecule has 2 aromatic heterocycles. The van der Waals surface area contributed by atoms with E-state index in [1.165, 1.54) is 5.56 Å². The average Bonchev–Trinajstić information content (AvgIpc) is 3.33. The minimum Gasteiger partial charge on any atom is -0.469 e. The maximum absolute atomic E-state index is 12.7. The average molecular weight is 350 g/mol. The van der Waals surface area contributed by atoms with Gasteiger partial charge in [0, 0.05) is 25.4 Å². The Morgan fingerprint density at radius 3 is 2.96 bits per heavy atom. The summed E-state index contributed by atoms with van der Waals surface area (Å²) in [5.74, 6) is 1.68. The molecule has 0 saturated carbocycles. The molecule has 0 bridgehead atoms.